The van der Waals surface area contributed by atoms with Crippen molar-refractivity contribution in [1.82, 2.24) is 0 Å². The molecule has 0 unspecified atom stereocenters. The molecule has 2 rings (SSSR count). The minimum Gasteiger partial charge on any atom is -0.463 e. The van der Waals surface area contributed by atoms with Crippen LogP contribution in [0.4, 0.5) is 0 Å². The maximum atomic E-state index is 11.3. The highest BCUT2D eigenvalue weighted by Gasteiger charge is 2.46. The third kappa shape index (κ3) is 5.72. The van der Waals surface area contributed by atoms with Crippen molar-refractivity contribution in [2.45, 2.75) is 53.8 Å². The lowest BCUT2D eigenvalue weighted by atomic mass is 10.1. The third-order valence-corrected chi connectivity index (χ3v) is 10.3. The second kappa shape index (κ2) is 8.79. The van der Waals surface area contributed by atoms with Crippen molar-refractivity contribution in [1.29, 1.82) is 0 Å². The standard InChI is InChI=1S/C15H26O3S4/c1-12(16)9-14(19-5-3-6-20-14)10-15(11-18-13(2)17)21-7-4-8-22-15/h12,16H,3-11H2,1-2H3/t12-/m0/s1. The number of rotatable bonds is 6. The molecule has 0 aromatic heterocycles. The van der Waals surface area contributed by atoms with Crippen molar-refractivity contribution in [3.8, 4) is 0 Å². The number of carbonyl (C=O) groups excluding carboxylic acids is 1. The summed E-state index contributed by atoms with van der Waals surface area (Å²) < 4.78 is 5.43. The number of esters is 1. The van der Waals surface area contributed by atoms with Crippen molar-refractivity contribution in [3.63, 3.8) is 0 Å². The van der Waals surface area contributed by atoms with Crippen LogP contribution in [0.25, 0.3) is 0 Å². The van der Waals surface area contributed by atoms with E-state index < -0.39 is 0 Å². The molecule has 0 radical (unpaired) electrons. The first-order valence-electron chi connectivity index (χ1n) is 7.83. The summed E-state index contributed by atoms with van der Waals surface area (Å²) in [5, 5.41) is 9.98. The number of hydrogen-bond acceptors (Lipinski definition) is 7. The molecule has 0 spiro atoms. The zero-order chi connectivity index (χ0) is 16.1. The largest absolute Gasteiger partial charge is 0.463 e. The van der Waals surface area contributed by atoms with E-state index in [2.05, 4.69) is 0 Å². The normalized spacial score (nSPS) is 25.4. The van der Waals surface area contributed by atoms with Crippen LogP contribution in [0.5, 0.6) is 0 Å². The molecule has 128 valence electrons. The fourth-order valence-corrected chi connectivity index (χ4v) is 10.3. The maximum absolute atomic E-state index is 11.3. The summed E-state index contributed by atoms with van der Waals surface area (Å²) in [4.78, 5) is 11.3. The number of ether oxygens (including phenoxy) is 1. The van der Waals surface area contributed by atoms with E-state index in [1.54, 1.807) is 0 Å². The van der Waals surface area contributed by atoms with E-state index in [9.17, 15) is 9.90 Å². The summed E-state index contributed by atoms with van der Waals surface area (Å²) in [5.41, 5.74) is 0. The van der Waals surface area contributed by atoms with E-state index in [1.807, 2.05) is 54.0 Å². The van der Waals surface area contributed by atoms with Crippen LogP contribution in [0.3, 0.4) is 0 Å². The topological polar surface area (TPSA) is 46.5 Å². The van der Waals surface area contributed by atoms with Gasteiger partial charge in [-0.1, -0.05) is 0 Å². The van der Waals surface area contributed by atoms with Crippen LogP contribution in [-0.2, 0) is 9.53 Å². The molecular weight excluding hydrogens is 356 g/mol. The fraction of sp³-hybridized carbons (Fsp3) is 0.933. The van der Waals surface area contributed by atoms with Crippen molar-refractivity contribution < 1.29 is 14.6 Å². The highest BCUT2D eigenvalue weighted by Crippen LogP contribution is 2.56. The summed E-state index contributed by atoms with van der Waals surface area (Å²) in [5.74, 6) is 4.40. The first-order valence-corrected chi connectivity index (χ1v) is 11.8. The number of aliphatic hydroxyl groups is 1. The Morgan fingerprint density at radius 1 is 1.09 bits per heavy atom. The Hall–Kier alpha value is 0.830. The van der Waals surface area contributed by atoms with E-state index in [0.717, 1.165) is 24.3 Å². The average molecular weight is 383 g/mol. The number of carbonyl (C=O) groups is 1. The monoisotopic (exact) mass is 382 g/mol. The van der Waals surface area contributed by atoms with Gasteiger partial charge in [0, 0.05) is 6.92 Å². The Bertz CT molecular complexity index is 364. The van der Waals surface area contributed by atoms with Crippen LogP contribution in [0.15, 0.2) is 0 Å². The zero-order valence-corrected chi connectivity index (χ0v) is 16.6. The van der Waals surface area contributed by atoms with Gasteiger partial charge in [-0.15, -0.1) is 47.0 Å². The summed E-state index contributed by atoms with van der Waals surface area (Å²) in [6, 6.07) is 0. The Labute approximate surface area is 150 Å². The lowest BCUT2D eigenvalue weighted by Crippen LogP contribution is -2.41. The van der Waals surface area contributed by atoms with Crippen LogP contribution in [-0.4, -0.2) is 55.0 Å². The lowest BCUT2D eigenvalue weighted by Gasteiger charge is -2.45. The highest BCUT2D eigenvalue weighted by atomic mass is 32.2. The molecule has 22 heavy (non-hydrogen) atoms. The van der Waals surface area contributed by atoms with Crippen LogP contribution >= 0.6 is 47.0 Å². The second-order valence-electron chi connectivity index (χ2n) is 5.93. The molecule has 2 saturated heterocycles. The van der Waals surface area contributed by atoms with Crippen LogP contribution in [0.1, 0.15) is 39.5 Å². The van der Waals surface area contributed by atoms with Gasteiger partial charge in [0.25, 0.3) is 0 Å². The van der Waals surface area contributed by atoms with Crippen LogP contribution < -0.4 is 0 Å². The minimum atomic E-state index is -0.289. The molecule has 0 bridgehead atoms. The van der Waals surface area contributed by atoms with Gasteiger partial charge in [0.15, 0.2) is 0 Å². The van der Waals surface area contributed by atoms with Gasteiger partial charge in [-0.25, -0.2) is 0 Å². The van der Waals surface area contributed by atoms with Gasteiger partial charge in [-0.2, -0.15) is 0 Å². The van der Waals surface area contributed by atoms with E-state index in [0.29, 0.717) is 6.61 Å². The molecule has 2 fully saturated rings. The Kier molecular flexibility index (Phi) is 7.65. The van der Waals surface area contributed by atoms with Gasteiger partial charge in [-0.05, 0) is 55.6 Å². The quantitative estimate of drug-likeness (QED) is 0.700. The van der Waals surface area contributed by atoms with Crippen molar-refractivity contribution in [3.05, 3.63) is 0 Å². The SMILES string of the molecule is CC(=O)OCC1(CC2(C[C@H](C)O)SCCCS2)SCCCS1. The molecule has 1 N–H and O–H groups in total. The molecule has 0 aromatic carbocycles. The summed E-state index contributed by atoms with van der Waals surface area (Å²) >= 11 is 7.90. The smallest absolute Gasteiger partial charge is 0.302 e. The van der Waals surface area contributed by atoms with Crippen molar-refractivity contribution in [2.75, 3.05) is 29.6 Å². The van der Waals surface area contributed by atoms with Gasteiger partial charge < -0.3 is 9.84 Å². The molecular formula is C15H26O3S4. The predicted octanol–water partition coefficient (Wildman–Crippen LogP) is 3.84. The average Bonchev–Trinajstić information content (AvgIpc) is 2.46. The van der Waals surface area contributed by atoms with E-state index in [-0.39, 0.29) is 20.2 Å². The summed E-state index contributed by atoms with van der Waals surface area (Å²) in [6.45, 7) is 3.86. The molecule has 0 saturated carbocycles. The summed E-state index contributed by atoms with van der Waals surface area (Å²) in [6.07, 6.45) is 3.98. The van der Waals surface area contributed by atoms with Crippen LogP contribution in [0, 0.1) is 0 Å². The second-order valence-corrected chi connectivity index (χ2v) is 12.4. The molecule has 0 amide bonds. The van der Waals surface area contributed by atoms with E-state index in [1.165, 1.54) is 31.3 Å². The van der Waals surface area contributed by atoms with Gasteiger partial charge in [-0.3, -0.25) is 4.79 Å². The maximum Gasteiger partial charge on any atom is 0.302 e. The van der Waals surface area contributed by atoms with Gasteiger partial charge in [0.2, 0.25) is 0 Å². The Morgan fingerprint density at radius 3 is 2.05 bits per heavy atom. The van der Waals surface area contributed by atoms with Gasteiger partial charge >= 0.3 is 5.97 Å². The molecule has 1 atom stereocenters. The molecule has 7 heteroatoms. The first kappa shape index (κ1) is 19.2. The Morgan fingerprint density at radius 2 is 1.59 bits per heavy atom. The third-order valence-electron chi connectivity index (χ3n) is 3.68. The molecule has 2 heterocycles. The van der Waals surface area contributed by atoms with Crippen molar-refractivity contribution in [2.24, 2.45) is 0 Å². The molecule has 2 aliphatic rings. The van der Waals surface area contributed by atoms with Crippen molar-refractivity contribution >= 4 is 53.0 Å². The molecule has 3 nitrogen and oxygen atoms in total. The number of thioether (sulfide) groups is 4. The van der Waals surface area contributed by atoms with Gasteiger partial charge in [0.1, 0.15) is 6.61 Å². The Balaban J connectivity index is 2.12. The molecule has 0 aliphatic carbocycles. The highest BCUT2D eigenvalue weighted by molar-refractivity contribution is 8.20. The lowest BCUT2D eigenvalue weighted by molar-refractivity contribution is -0.141. The minimum absolute atomic E-state index is 0.0455. The van der Waals surface area contributed by atoms with E-state index >= 15 is 0 Å². The predicted molar refractivity (Wildman–Crippen MR) is 102 cm³/mol. The fourth-order valence-electron chi connectivity index (χ4n) is 2.83. The molecule has 0 aromatic rings. The number of aliphatic hydroxyl groups excluding tert-OH is 1. The summed E-state index contributed by atoms with van der Waals surface area (Å²) in [7, 11) is 0. The zero-order valence-electron chi connectivity index (χ0n) is 13.3. The number of hydrogen-bond donors (Lipinski definition) is 1. The van der Waals surface area contributed by atoms with E-state index in [4.69, 9.17) is 4.74 Å². The van der Waals surface area contributed by atoms with Crippen LogP contribution in [0.2, 0.25) is 0 Å². The first-order chi connectivity index (χ1) is 10.5. The van der Waals surface area contributed by atoms with Gasteiger partial charge in [0.05, 0.1) is 14.3 Å². The molecule has 2 aliphatic heterocycles.